The van der Waals surface area contributed by atoms with Gasteiger partial charge in [-0.05, 0) is 43.4 Å². The minimum absolute atomic E-state index is 0.0499. The number of ether oxygens (including phenoxy) is 2. The average Bonchev–Trinajstić information content (AvgIpc) is 3.31. The number of hydrogen-bond donors (Lipinski definition) is 0. The molecule has 1 aliphatic rings. The molecule has 21 heavy (non-hydrogen) atoms. The van der Waals surface area contributed by atoms with E-state index >= 15 is 0 Å². The van der Waals surface area contributed by atoms with Gasteiger partial charge in [-0.2, -0.15) is 0 Å². The van der Waals surface area contributed by atoms with Crippen LogP contribution >= 0.6 is 0 Å². The maximum absolute atomic E-state index is 12.9. The fraction of sp³-hybridized carbons (Fsp3) is 0.588. The van der Waals surface area contributed by atoms with E-state index in [1.165, 1.54) is 0 Å². The van der Waals surface area contributed by atoms with E-state index in [4.69, 9.17) is 9.47 Å². The van der Waals surface area contributed by atoms with Crippen LogP contribution in [0.2, 0.25) is 0 Å². The highest BCUT2D eigenvalue weighted by Gasteiger charge is 2.34. The lowest BCUT2D eigenvalue weighted by molar-refractivity contribution is 0.0731. The Labute approximate surface area is 127 Å². The van der Waals surface area contributed by atoms with Crippen LogP contribution < -0.4 is 9.47 Å². The molecular weight excluding hydrogens is 266 g/mol. The van der Waals surface area contributed by atoms with Crippen molar-refractivity contribution >= 4 is 5.91 Å². The van der Waals surface area contributed by atoms with Crippen LogP contribution in [0.25, 0.3) is 0 Å². The van der Waals surface area contributed by atoms with E-state index in [9.17, 15) is 4.79 Å². The minimum atomic E-state index is 0.0499. The molecule has 0 N–H and O–H groups in total. The Morgan fingerprint density at radius 2 is 2.00 bits per heavy atom. The number of benzene rings is 1. The second-order valence-corrected chi connectivity index (χ2v) is 5.98. The lowest BCUT2D eigenvalue weighted by Gasteiger charge is -2.24. The van der Waals surface area contributed by atoms with E-state index in [1.807, 2.05) is 11.0 Å². The first-order valence-corrected chi connectivity index (χ1v) is 7.59. The Hall–Kier alpha value is -1.71. The molecule has 1 aliphatic carbocycles. The van der Waals surface area contributed by atoms with E-state index < -0.39 is 0 Å². The van der Waals surface area contributed by atoms with Crippen LogP contribution in [0, 0.1) is 5.92 Å². The Morgan fingerprint density at radius 1 is 1.29 bits per heavy atom. The van der Waals surface area contributed by atoms with Crippen molar-refractivity contribution in [2.24, 2.45) is 5.92 Å². The van der Waals surface area contributed by atoms with Crippen molar-refractivity contribution in [2.45, 2.75) is 39.2 Å². The highest BCUT2D eigenvalue weighted by molar-refractivity contribution is 5.97. The maximum Gasteiger partial charge on any atom is 0.258 e. The van der Waals surface area contributed by atoms with Crippen LogP contribution in [0.15, 0.2) is 18.2 Å². The Kier molecular flexibility index (Phi) is 5.10. The average molecular weight is 291 g/mol. The number of rotatable bonds is 7. The zero-order chi connectivity index (χ0) is 15.4. The minimum Gasteiger partial charge on any atom is -0.497 e. The number of carbonyl (C=O) groups is 1. The van der Waals surface area contributed by atoms with Crippen molar-refractivity contribution in [3.05, 3.63) is 23.8 Å². The van der Waals surface area contributed by atoms with Crippen molar-refractivity contribution in [1.82, 2.24) is 4.90 Å². The van der Waals surface area contributed by atoms with Gasteiger partial charge in [-0.3, -0.25) is 4.79 Å². The van der Waals surface area contributed by atoms with E-state index in [-0.39, 0.29) is 5.91 Å². The van der Waals surface area contributed by atoms with Gasteiger partial charge in [0, 0.05) is 12.6 Å². The normalized spacial score (nSPS) is 14.1. The zero-order valence-electron chi connectivity index (χ0n) is 13.4. The molecule has 1 saturated carbocycles. The van der Waals surface area contributed by atoms with Crippen LogP contribution in [0.4, 0.5) is 0 Å². The summed E-state index contributed by atoms with van der Waals surface area (Å²) < 4.78 is 10.6. The van der Waals surface area contributed by atoms with Crippen molar-refractivity contribution in [3.8, 4) is 11.5 Å². The van der Waals surface area contributed by atoms with Gasteiger partial charge in [-0.1, -0.05) is 13.8 Å². The molecule has 1 aromatic carbocycles. The van der Waals surface area contributed by atoms with Gasteiger partial charge in [0.15, 0.2) is 0 Å². The van der Waals surface area contributed by atoms with Gasteiger partial charge in [-0.25, -0.2) is 0 Å². The largest absolute Gasteiger partial charge is 0.497 e. The number of carbonyl (C=O) groups excluding carboxylic acids is 1. The van der Waals surface area contributed by atoms with Gasteiger partial charge in [-0.15, -0.1) is 0 Å². The molecule has 0 radical (unpaired) electrons. The summed E-state index contributed by atoms with van der Waals surface area (Å²) >= 11 is 0. The molecule has 1 aromatic rings. The first-order valence-electron chi connectivity index (χ1n) is 7.59. The summed E-state index contributed by atoms with van der Waals surface area (Å²) in [5.41, 5.74) is 0.590. The van der Waals surface area contributed by atoms with Crippen molar-refractivity contribution < 1.29 is 14.3 Å². The summed E-state index contributed by atoms with van der Waals surface area (Å²) in [7, 11) is 3.20. The first-order chi connectivity index (χ1) is 10.1. The third-order valence-corrected chi connectivity index (χ3v) is 3.83. The molecule has 116 valence electrons. The van der Waals surface area contributed by atoms with Crippen LogP contribution in [0.5, 0.6) is 11.5 Å². The second kappa shape index (κ2) is 6.83. The fourth-order valence-electron chi connectivity index (χ4n) is 2.37. The third-order valence-electron chi connectivity index (χ3n) is 3.83. The van der Waals surface area contributed by atoms with Crippen molar-refractivity contribution in [3.63, 3.8) is 0 Å². The standard InChI is InChI=1S/C17H25NO3/c1-12(2)9-10-18(13-5-6-13)17(19)15-11-14(20-3)7-8-16(15)21-4/h7-8,11-13H,5-6,9-10H2,1-4H3. The summed E-state index contributed by atoms with van der Waals surface area (Å²) in [5, 5.41) is 0. The molecule has 0 aromatic heterocycles. The zero-order valence-corrected chi connectivity index (χ0v) is 13.4. The van der Waals surface area contributed by atoms with E-state index in [2.05, 4.69) is 13.8 Å². The molecule has 0 unspecified atom stereocenters. The molecule has 0 heterocycles. The predicted octanol–water partition coefficient (Wildman–Crippen LogP) is 3.35. The fourth-order valence-corrected chi connectivity index (χ4v) is 2.37. The van der Waals surface area contributed by atoms with Gasteiger partial charge in [0.05, 0.1) is 19.8 Å². The van der Waals surface area contributed by atoms with Gasteiger partial charge < -0.3 is 14.4 Å². The molecule has 0 aliphatic heterocycles. The smallest absolute Gasteiger partial charge is 0.258 e. The van der Waals surface area contributed by atoms with Crippen molar-refractivity contribution in [1.29, 1.82) is 0 Å². The lowest BCUT2D eigenvalue weighted by Crippen LogP contribution is -2.34. The van der Waals surface area contributed by atoms with Gasteiger partial charge in [0.2, 0.25) is 0 Å². The SMILES string of the molecule is COc1ccc(OC)c(C(=O)N(CCC(C)C)C2CC2)c1. The summed E-state index contributed by atoms with van der Waals surface area (Å²) in [6.07, 6.45) is 3.24. The number of methoxy groups -OCH3 is 2. The topological polar surface area (TPSA) is 38.8 Å². The predicted molar refractivity (Wildman–Crippen MR) is 83.1 cm³/mol. The molecule has 4 heteroatoms. The summed E-state index contributed by atoms with van der Waals surface area (Å²) in [4.78, 5) is 14.9. The Bertz CT molecular complexity index is 495. The summed E-state index contributed by atoms with van der Waals surface area (Å²) in [6, 6.07) is 5.77. The van der Waals surface area contributed by atoms with Crippen LogP contribution in [-0.2, 0) is 0 Å². The van der Waals surface area contributed by atoms with Gasteiger partial charge in [0.1, 0.15) is 11.5 Å². The van der Waals surface area contributed by atoms with Crippen LogP contribution in [0.1, 0.15) is 43.5 Å². The number of amides is 1. The lowest BCUT2D eigenvalue weighted by atomic mass is 10.1. The molecule has 1 amide bonds. The van der Waals surface area contributed by atoms with Crippen LogP contribution in [0.3, 0.4) is 0 Å². The molecule has 4 nitrogen and oxygen atoms in total. The monoisotopic (exact) mass is 291 g/mol. The van der Waals surface area contributed by atoms with E-state index in [0.29, 0.717) is 29.0 Å². The highest BCUT2D eigenvalue weighted by atomic mass is 16.5. The second-order valence-electron chi connectivity index (χ2n) is 5.98. The van der Waals surface area contributed by atoms with E-state index in [1.54, 1.807) is 26.4 Å². The molecule has 0 saturated heterocycles. The van der Waals surface area contributed by atoms with Gasteiger partial charge in [0.25, 0.3) is 5.91 Å². The van der Waals surface area contributed by atoms with Crippen LogP contribution in [-0.4, -0.2) is 37.6 Å². The first kappa shape index (κ1) is 15.7. The Balaban J connectivity index is 2.23. The maximum atomic E-state index is 12.9. The number of nitrogens with zero attached hydrogens (tertiary/aromatic N) is 1. The van der Waals surface area contributed by atoms with E-state index in [0.717, 1.165) is 25.8 Å². The van der Waals surface area contributed by atoms with Gasteiger partial charge >= 0.3 is 0 Å². The Morgan fingerprint density at radius 3 is 2.52 bits per heavy atom. The molecule has 2 rings (SSSR count). The molecule has 0 atom stereocenters. The van der Waals surface area contributed by atoms with Crippen molar-refractivity contribution in [2.75, 3.05) is 20.8 Å². The summed E-state index contributed by atoms with van der Waals surface area (Å²) in [6.45, 7) is 5.17. The number of hydrogen-bond acceptors (Lipinski definition) is 3. The molecular formula is C17H25NO3. The highest BCUT2D eigenvalue weighted by Crippen LogP contribution is 2.32. The third kappa shape index (κ3) is 3.90. The quantitative estimate of drug-likeness (QED) is 0.773. The molecule has 0 spiro atoms. The molecule has 0 bridgehead atoms. The summed E-state index contributed by atoms with van der Waals surface area (Å²) in [5.74, 6) is 1.93. The molecule has 1 fully saturated rings.